The van der Waals surface area contributed by atoms with E-state index >= 15 is 0 Å². The quantitative estimate of drug-likeness (QED) is 0.503. The Kier molecular flexibility index (Phi) is 3.97. The lowest BCUT2D eigenvalue weighted by atomic mass is 10.3. The topological polar surface area (TPSA) is 128 Å². The maximum atomic E-state index is 12.2. The molecule has 108 valence electrons. The largest absolute Gasteiger partial charge is 0.319 e. The summed E-state index contributed by atoms with van der Waals surface area (Å²) >= 11 is 0. The molecule has 1 unspecified atom stereocenters. The van der Waals surface area contributed by atoms with E-state index in [0.717, 1.165) is 0 Å². The van der Waals surface area contributed by atoms with Gasteiger partial charge < -0.3 is 9.99 Å². The number of anilines is 1. The maximum Gasteiger partial charge on any atom is 0.242 e. The molecule has 0 saturated heterocycles. The zero-order valence-electron chi connectivity index (χ0n) is 11.0. The molecular weight excluding hydrogens is 282 g/mol. The minimum atomic E-state index is -3.69. The van der Waals surface area contributed by atoms with Gasteiger partial charge in [0.1, 0.15) is 22.9 Å². The molecule has 10 heteroatoms. The molecule has 0 saturated carbocycles. The third kappa shape index (κ3) is 2.92. The molecule has 2 aromatic heterocycles. The Morgan fingerprint density at radius 3 is 2.65 bits per heavy atom. The summed E-state index contributed by atoms with van der Waals surface area (Å²) in [4.78, 5) is 3.91. The molecule has 0 fully saturated rings. The summed E-state index contributed by atoms with van der Waals surface area (Å²) in [5, 5.41) is 7.58. The number of nitrogens with zero attached hydrogens (tertiary/aromatic N) is 4. The fourth-order valence-electron chi connectivity index (χ4n) is 1.66. The molecule has 2 heterocycles. The molecule has 0 radical (unpaired) electrons. The summed E-state index contributed by atoms with van der Waals surface area (Å²) < 4.78 is 28.5. The second-order valence-corrected chi connectivity index (χ2v) is 5.88. The Morgan fingerprint density at radius 2 is 2.15 bits per heavy atom. The van der Waals surface area contributed by atoms with Gasteiger partial charge in [-0.05, 0) is 19.1 Å². The molecule has 0 bridgehead atoms. The van der Waals surface area contributed by atoms with Crippen LogP contribution in [-0.2, 0) is 17.1 Å². The van der Waals surface area contributed by atoms with E-state index < -0.39 is 16.1 Å². The molecule has 2 aromatic rings. The molecule has 0 aliphatic heterocycles. The van der Waals surface area contributed by atoms with E-state index in [9.17, 15) is 8.42 Å². The minimum absolute atomic E-state index is 0.0468. The van der Waals surface area contributed by atoms with Gasteiger partial charge in [-0.25, -0.2) is 24.0 Å². The molecule has 0 aromatic carbocycles. The summed E-state index contributed by atoms with van der Waals surface area (Å²) in [6, 6.07) is 2.37. The predicted molar refractivity (Wildman–Crippen MR) is 71.8 cm³/mol. The first-order chi connectivity index (χ1) is 9.44. The second kappa shape index (κ2) is 5.53. The fraction of sp³-hybridized carbons (Fsp3) is 0.300. The summed E-state index contributed by atoms with van der Waals surface area (Å²) in [6.07, 6.45) is 2.73. The maximum absolute atomic E-state index is 12.2. The molecule has 4 N–H and O–H groups in total. The van der Waals surface area contributed by atoms with Crippen LogP contribution in [0.3, 0.4) is 0 Å². The molecule has 0 aliphatic rings. The van der Waals surface area contributed by atoms with Crippen molar-refractivity contribution in [2.24, 2.45) is 12.9 Å². The lowest BCUT2D eigenvalue weighted by molar-refractivity contribution is 0.553. The molecule has 9 nitrogen and oxygen atoms in total. The van der Waals surface area contributed by atoms with Crippen molar-refractivity contribution in [3.8, 4) is 0 Å². The molecule has 0 spiro atoms. The van der Waals surface area contributed by atoms with Gasteiger partial charge in [0.2, 0.25) is 10.0 Å². The average Bonchev–Trinajstić information content (AvgIpc) is 2.84. The van der Waals surface area contributed by atoms with Crippen molar-refractivity contribution < 1.29 is 8.42 Å². The van der Waals surface area contributed by atoms with Crippen LogP contribution < -0.4 is 16.0 Å². The van der Waals surface area contributed by atoms with Crippen LogP contribution in [-0.4, -0.2) is 28.2 Å². The Hall–Kier alpha value is -2.04. The van der Waals surface area contributed by atoms with Crippen LogP contribution in [0, 0.1) is 0 Å². The zero-order chi connectivity index (χ0) is 14.8. The van der Waals surface area contributed by atoms with Crippen LogP contribution in [0.1, 0.15) is 18.8 Å². The number of hydrogen-bond acceptors (Lipinski definition) is 7. The molecule has 0 amide bonds. The number of hydrazine groups is 1. The van der Waals surface area contributed by atoms with Gasteiger partial charge in [0, 0.05) is 13.2 Å². The molecule has 0 aliphatic carbocycles. The first-order valence-corrected chi connectivity index (χ1v) is 7.21. The van der Waals surface area contributed by atoms with Gasteiger partial charge in [-0.3, -0.25) is 0 Å². The number of aromatic nitrogens is 4. The van der Waals surface area contributed by atoms with Crippen molar-refractivity contribution in [3.63, 3.8) is 0 Å². The number of hydrogen-bond donors (Lipinski definition) is 3. The number of nitrogen functional groups attached to an aromatic ring is 1. The number of pyridine rings is 1. The highest BCUT2D eigenvalue weighted by Gasteiger charge is 2.21. The average molecular weight is 297 g/mol. The van der Waals surface area contributed by atoms with E-state index in [2.05, 4.69) is 25.3 Å². The third-order valence-electron chi connectivity index (χ3n) is 2.66. The van der Waals surface area contributed by atoms with E-state index in [4.69, 9.17) is 5.84 Å². The van der Waals surface area contributed by atoms with Crippen molar-refractivity contribution in [2.45, 2.75) is 17.9 Å². The van der Waals surface area contributed by atoms with E-state index in [1.165, 1.54) is 24.7 Å². The van der Waals surface area contributed by atoms with Gasteiger partial charge in [-0.2, -0.15) is 0 Å². The smallest absolute Gasteiger partial charge is 0.242 e. The van der Waals surface area contributed by atoms with Crippen LogP contribution in [0.5, 0.6) is 0 Å². The predicted octanol–water partition coefficient (Wildman–Crippen LogP) is -0.465. The Balaban J connectivity index is 2.20. The highest BCUT2D eigenvalue weighted by atomic mass is 32.2. The Bertz CT molecular complexity index is 680. The van der Waals surface area contributed by atoms with Crippen LogP contribution in [0.2, 0.25) is 0 Å². The Labute approximate surface area is 116 Å². The lowest BCUT2D eigenvalue weighted by Gasteiger charge is -2.13. The van der Waals surface area contributed by atoms with Gasteiger partial charge in [-0.15, -0.1) is 10.2 Å². The van der Waals surface area contributed by atoms with E-state index in [1.54, 1.807) is 18.5 Å². The van der Waals surface area contributed by atoms with Gasteiger partial charge in [-0.1, -0.05) is 0 Å². The summed E-state index contributed by atoms with van der Waals surface area (Å²) in [5.74, 6) is 6.07. The summed E-state index contributed by atoms with van der Waals surface area (Å²) in [7, 11) is -1.95. The number of nitrogens with one attached hydrogen (secondary N) is 2. The first-order valence-electron chi connectivity index (χ1n) is 5.73. The van der Waals surface area contributed by atoms with Crippen LogP contribution in [0.25, 0.3) is 0 Å². The van der Waals surface area contributed by atoms with E-state index in [1.807, 2.05) is 0 Å². The first kappa shape index (κ1) is 14.4. The van der Waals surface area contributed by atoms with E-state index in [0.29, 0.717) is 11.6 Å². The lowest BCUT2D eigenvalue weighted by Crippen LogP contribution is -2.28. The number of rotatable bonds is 5. The molecule has 2 rings (SSSR count). The molecule has 1 atom stereocenters. The van der Waals surface area contributed by atoms with Crippen molar-refractivity contribution in [1.29, 1.82) is 0 Å². The normalized spacial score (nSPS) is 13.2. The summed E-state index contributed by atoms with van der Waals surface area (Å²) in [5.41, 5.74) is 2.33. The van der Waals surface area contributed by atoms with Crippen molar-refractivity contribution in [3.05, 3.63) is 30.5 Å². The summed E-state index contributed by atoms with van der Waals surface area (Å²) in [6.45, 7) is 1.69. The van der Waals surface area contributed by atoms with Gasteiger partial charge in [0.05, 0.1) is 6.04 Å². The van der Waals surface area contributed by atoms with Crippen LogP contribution in [0.15, 0.2) is 29.6 Å². The SMILES string of the molecule is CC(NS(=O)(=O)c1ccc(NN)nc1)c1nncn1C. The highest BCUT2D eigenvalue weighted by Crippen LogP contribution is 2.15. The standard InChI is InChI=1S/C10H15N7O2S/c1-7(10-15-13-6-17(10)2)16-20(18,19)8-3-4-9(14-11)12-5-8/h3-7,16H,11H2,1-2H3,(H,12,14). The molecular formula is C10H15N7O2S. The number of sulfonamides is 1. The minimum Gasteiger partial charge on any atom is -0.319 e. The van der Waals surface area contributed by atoms with Gasteiger partial charge in [0.25, 0.3) is 0 Å². The fourth-order valence-corrected chi connectivity index (χ4v) is 2.81. The Morgan fingerprint density at radius 1 is 1.40 bits per heavy atom. The molecule has 20 heavy (non-hydrogen) atoms. The van der Waals surface area contributed by atoms with Crippen molar-refractivity contribution >= 4 is 15.8 Å². The van der Waals surface area contributed by atoms with Crippen LogP contribution >= 0.6 is 0 Å². The number of aryl methyl sites for hydroxylation is 1. The second-order valence-electron chi connectivity index (χ2n) is 4.17. The van der Waals surface area contributed by atoms with E-state index in [-0.39, 0.29) is 4.90 Å². The zero-order valence-corrected chi connectivity index (χ0v) is 11.8. The third-order valence-corrected chi connectivity index (χ3v) is 4.19. The van der Waals surface area contributed by atoms with Crippen molar-refractivity contribution in [1.82, 2.24) is 24.5 Å². The number of nitrogens with two attached hydrogens (primary N) is 1. The van der Waals surface area contributed by atoms with Crippen molar-refractivity contribution in [2.75, 3.05) is 5.43 Å². The van der Waals surface area contributed by atoms with Gasteiger partial charge in [0.15, 0.2) is 0 Å². The highest BCUT2D eigenvalue weighted by molar-refractivity contribution is 7.89. The van der Waals surface area contributed by atoms with Gasteiger partial charge >= 0.3 is 0 Å². The monoisotopic (exact) mass is 297 g/mol. The van der Waals surface area contributed by atoms with Crippen LogP contribution in [0.4, 0.5) is 5.82 Å².